The maximum absolute atomic E-state index is 5.37. The minimum Gasteiger partial charge on any atom is -0.493 e. The molecule has 0 atom stereocenters. The molecule has 0 bridgehead atoms. The van der Waals surface area contributed by atoms with Gasteiger partial charge in [0.2, 0.25) is 0 Å². The summed E-state index contributed by atoms with van der Waals surface area (Å²) in [5, 5.41) is 2.06. The van der Waals surface area contributed by atoms with E-state index in [1.807, 2.05) is 48.6 Å². The summed E-state index contributed by atoms with van der Waals surface area (Å²) < 4.78 is 10.7. The van der Waals surface area contributed by atoms with E-state index in [1.54, 1.807) is 26.6 Å². The zero-order valence-corrected chi connectivity index (χ0v) is 12.5. The quantitative estimate of drug-likeness (QED) is 0.733. The summed E-state index contributed by atoms with van der Waals surface area (Å²) in [4.78, 5) is 8.72. The van der Waals surface area contributed by atoms with Crippen LogP contribution in [0.5, 0.6) is 11.5 Å². The molecular formula is C18H16N2O2. The van der Waals surface area contributed by atoms with E-state index in [4.69, 9.17) is 9.47 Å². The molecular weight excluding hydrogens is 276 g/mol. The van der Waals surface area contributed by atoms with E-state index in [0.29, 0.717) is 11.5 Å². The van der Waals surface area contributed by atoms with Crippen LogP contribution in [0, 0.1) is 0 Å². The molecule has 3 aromatic rings. The number of pyridine rings is 2. The van der Waals surface area contributed by atoms with Gasteiger partial charge in [-0.1, -0.05) is 6.07 Å². The standard InChI is InChI=1S/C18H16N2O2/c1-21-17-11-13-8-10-20-16(15(13)12-18(17)22-2)7-6-14-5-3-4-9-19-14/h3-12H,1-2H3. The third kappa shape index (κ3) is 2.76. The summed E-state index contributed by atoms with van der Waals surface area (Å²) in [7, 11) is 3.26. The fourth-order valence-electron chi connectivity index (χ4n) is 2.29. The third-order valence-electron chi connectivity index (χ3n) is 3.40. The van der Waals surface area contributed by atoms with Gasteiger partial charge in [-0.3, -0.25) is 9.97 Å². The van der Waals surface area contributed by atoms with Gasteiger partial charge in [-0.25, -0.2) is 0 Å². The van der Waals surface area contributed by atoms with Crippen molar-refractivity contribution in [2.24, 2.45) is 0 Å². The van der Waals surface area contributed by atoms with Crippen LogP contribution in [-0.4, -0.2) is 24.2 Å². The molecule has 2 heterocycles. The molecule has 0 radical (unpaired) electrons. The number of methoxy groups -OCH3 is 2. The van der Waals surface area contributed by atoms with Crippen LogP contribution in [0.4, 0.5) is 0 Å². The first-order chi connectivity index (χ1) is 10.8. The Labute approximate surface area is 129 Å². The van der Waals surface area contributed by atoms with Crippen LogP contribution in [0.1, 0.15) is 11.4 Å². The van der Waals surface area contributed by atoms with Gasteiger partial charge in [0.25, 0.3) is 0 Å². The van der Waals surface area contributed by atoms with Crippen LogP contribution in [0.3, 0.4) is 0 Å². The Morgan fingerprint density at radius 3 is 2.41 bits per heavy atom. The summed E-state index contributed by atoms with van der Waals surface area (Å²) in [5.74, 6) is 1.40. The molecule has 110 valence electrons. The highest BCUT2D eigenvalue weighted by atomic mass is 16.5. The van der Waals surface area contributed by atoms with Crippen LogP contribution < -0.4 is 9.47 Å². The second kappa shape index (κ2) is 6.26. The monoisotopic (exact) mass is 292 g/mol. The second-order valence-corrected chi connectivity index (χ2v) is 4.71. The van der Waals surface area contributed by atoms with Crippen molar-refractivity contribution in [2.45, 2.75) is 0 Å². The average molecular weight is 292 g/mol. The van der Waals surface area contributed by atoms with Gasteiger partial charge in [-0.2, -0.15) is 0 Å². The Balaban J connectivity index is 2.08. The lowest BCUT2D eigenvalue weighted by Crippen LogP contribution is -1.92. The lowest BCUT2D eigenvalue weighted by molar-refractivity contribution is 0.356. The number of nitrogens with zero attached hydrogens (tertiary/aromatic N) is 2. The molecule has 0 saturated heterocycles. The van der Waals surface area contributed by atoms with Crippen LogP contribution in [0.15, 0.2) is 48.8 Å². The molecule has 0 N–H and O–H groups in total. The molecule has 22 heavy (non-hydrogen) atoms. The van der Waals surface area contributed by atoms with Crippen LogP contribution in [0.2, 0.25) is 0 Å². The van der Waals surface area contributed by atoms with Crippen molar-refractivity contribution in [3.63, 3.8) is 0 Å². The second-order valence-electron chi connectivity index (χ2n) is 4.71. The topological polar surface area (TPSA) is 44.2 Å². The largest absolute Gasteiger partial charge is 0.493 e. The van der Waals surface area contributed by atoms with Gasteiger partial charge in [0, 0.05) is 17.8 Å². The first-order valence-electron chi connectivity index (χ1n) is 6.91. The maximum atomic E-state index is 5.37. The molecule has 0 unspecified atom stereocenters. The summed E-state index contributed by atoms with van der Waals surface area (Å²) in [5.41, 5.74) is 1.76. The number of ether oxygens (including phenoxy) is 2. The van der Waals surface area contributed by atoms with Crippen molar-refractivity contribution in [1.82, 2.24) is 9.97 Å². The molecule has 0 aliphatic carbocycles. The fraction of sp³-hybridized carbons (Fsp3) is 0.111. The number of rotatable bonds is 4. The highest BCUT2D eigenvalue weighted by Gasteiger charge is 2.08. The molecule has 0 amide bonds. The number of hydrogen-bond donors (Lipinski definition) is 0. The molecule has 2 aromatic heterocycles. The summed E-state index contributed by atoms with van der Waals surface area (Å²) in [6, 6.07) is 11.6. The van der Waals surface area contributed by atoms with Crippen LogP contribution in [0.25, 0.3) is 22.9 Å². The highest BCUT2D eigenvalue weighted by molar-refractivity contribution is 5.93. The predicted octanol–water partition coefficient (Wildman–Crippen LogP) is 3.82. The van der Waals surface area contributed by atoms with Crippen molar-refractivity contribution in [2.75, 3.05) is 14.2 Å². The molecule has 0 aliphatic heterocycles. The van der Waals surface area contributed by atoms with Gasteiger partial charge in [0.1, 0.15) is 0 Å². The lowest BCUT2D eigenvalue weighted by Gasteiger charge is -2.10. The van der Waals surface area contributed by atoms with Crippen molar-refractivity contribution in [1.29, 1.82) is 0 Å². The predicted molar refractivity (Wildman–Crippen MR) is 88.0 cm³/mol. The Bertz CT molecular complexity index is 814. The minimum atomic E-state index is 0.690. The van der Waals surface area contributed by atoms with E-state index in [0.717, 1.165) is 22.2 Å². The fourth-order valence-corrected chi connectivity index (χ4v) is 2.29. The SMILES string of the molecule is COc1cc2ccnc(C=Cc3ccccn3)c2cc1OC. The normalized spacial score (nSPS) is 11.0. The summed E-state index contributed by atoms with van der Waals surface area (Å²) in [6.45, 7) is 0. The maximum Gasteiger partial charge on any atom is 0.161 e. The van der Waals surface area contributed by atoms with Crippen LogP contribution >= 0.6 is 0 Å². The van der Waals surface area contributed by atoms with E-state index in [9.17, 15) is 0 Å². The summed E-state index contributed by atoms with van der Waals surface area (Å²) in [6.07, 6.45) is 7.45. The van der Waals surface area contributed by atoms with E-state index >= 15 is 0 Å². The number of hydrogen-bond acceptors (Lipinski definition) is 4. The molecule has 0 spiro atoms. The van der Waals surface area contributed by atoms with E-state index in [-0.39, 0.29) is 0 Å². The van der Waals surface area contributed by atoms with Gasteiger partial charge in [0.05, 0.1) is 25.6 Å². The van der Waals surface area contributed by atoms with Gasteiger partial charge in [-0.15, -0.1) is 0 Å². The first kappa shape index (κ1) is 14.1. The average Bonchev–Trinajstić information content (AvgIpc) is 2.59. The van der Waals surface area contributed by atoms with E-state index in [1.165, 1.54) is 0 Å². The molecule has 4 heteroatoms. The molecule has 0 fully saturated rings. The van der Waals surface area contributed by atoms with Gasteiger partial charge in [0.15, 0.2) is 11.5 Å². The zero-order valence-electron chi connectivity index (χ0n) is 12.5. The Kier molecular flexibility index (Phi) is 4.01. The zero-order chi connectivity index (χ0) is 15.4. The molecule has 4 nitrogen and oxygen atoms in total. The van der Waals surface area contributed by atoms with Crippen LogP contribution in [-0.2, 0) is 0 Å². The van der Waals surface area contributed by atoms with Gasteiger partial charge in [-0.05, 0) is 47.9 Å². The number of fused-ring (bicyclic) bond motifs is 1. The molecule has 0 saturated carbocycles. The smallest absolute Gasteiger partial charge is 0.161 e. The highest BCUT2D eigenvalue weighted by Crippen LogP contribution is 2.33. The van der Waals surface area contributed by atoms with Gasteiger partial charge >= 0.3 is 0 Å². The third-order valence-corrected chi connectivity index (χ3v) is 3.40. The Hall–Kier alpha value is -2.88. The molecule has 0 aliphatic rings. The first-order valence-corrected chi connectivity index (χ1v) is 6.91. The molecule has 3 rings (SSSR count). The van der Waals surface area contributed by atoms with Crippen molar-refractivity contribution >= 4 is 22.9 Å². The Morgan fingerprint density at radius 1 is 0.864 bits per heavy atom. The van der Waals surface area contributed by atoms with Gasteiger partial charge < -0.3 is 9.47 Å². The minimum absolute atomic E-state index is 0.690. The van der Waals surface area contributed by atoms with Crippen molar-refractivity contribution in [3.8, 4) is 11.5 Å². The lowest BCUT2D eigenvalue weighted by atomic mass is 10.1. The molecule has 1 aromatic carbocycles. The van der Waals surface area contributed by atoms with E-state index in [2.05, 4.69) is 9.97 Å². The van der Waals surface area contributed by atoms with E-state index < -0.39 is 0 Å². The Morgan fingerprint density at radius 2 is 1.68 bits per heavy atom. The number of benzene rings is 1. The van der Waals surface area contributed by atoms with Crippen molar-refractivity contribution < 1.29 is 9.47 Å². The van der Waals surface area contributed by atoms with Crippen molar-refractivity contribution in [3.05, 3.63) is 60.2 Å². The summed E-state index contributed by atoms with van der Waals surface area (Å²) >= 11 is 0. The number of aromatic nitrogens is 2.